The number of carbonyl (C=O) groups excluding carboxylic acids is 1. The van der Waals surface area contributed by atoms with E-state index in [1.165, 1.54) is 0 Å². The fraction of sp³-hybridized carbons (Fsp3) is 0.227. The summed E-state index contributed by atoms with van der Waals surface area (Å²) < 4.78 is 2.00. The lowest BCUT2D eigenvalue weighted by Crippen LogP contribution is -2.26. The molecule has 146 valence electrons. The Morgan fingerprint density at radius 2 is 2.07 bits per heavy atom. The Balaban J connectivity index is 1.53. The molecule has 1 unspecified atom stereocenters. The highest BCUT2D eigenvalue weighted by Crippen LogP contribution is 2.24. The minimum atomic E-state index is -0.568. The molecular formula is C22H22N6O. The third-order valence-electron chi connectivity index (χ3n) is 4.75. The molecule has 2 aromatic heterocycles. The van der Waals surface area contributed by atoms with Gasteiger partial charge in [0.05, 0.1) is 0 Å². The number of anilines is 1. The molecule has 1 aliphatic rings. The highest BCUT2D eigenvalue weighted by molar-refractivity contribution is 6.00. The summed E-state index contributed by atoms with van der Waals surface area (Å²) in [6.45, 7) is 4.15. The van der Waals surface area contributed by atoms with Gasteiger partial charge in [-0.25, -0.2) is 0 Å². The molecule has 0 spiro atoms. The number of hydrogen-bond acceptors (Lipinski definition) is 5. The smallest absolute Gasteiger partial charge is 0.253 e. The second-order valence-electron chi connectivity index (χ2n) is 7.14. The predicted octanol–water partition coefficient (Wildman–Crippen LogP) is 3.79. The molecule has 0 radical (unpaired) electrons. The fourth-order valence-electron chi connectivity index (χ4n) is 3.26. The minimum absolute atomic E-state index is 0.176. The molecule has 0 saturated carbocycles. The number of benzene rings is 1. The summed E-state index contributed by atoms with van der Waals surface area (Å²) in [5.74, 6) is 0.593. The van der Waals surface area contributed by atoms with Crippen molar-refractivity contribution in [2.24, 2.45) is 4.99 Å². The van der Waals surface area contributed by atoms with Crippen molar-refractivity contribution in [3.05, 3.63) is 66.8 Å². The summed E-state index contributed by atoms with van der Waals surface area (Å²) in [5.41, 5.74) is 3.65. The van der Waals surface area contributed by atoms with E-state index in [4.69, 9.17) is 0 Å². The first-order valence-corrected chi connectivity index (χ1v) is 9.55. The number of pyridine rings is 1. The summed E-state index contributed by atoms with van der Waals surface area (Å²) >= 11 is 0. The molecule has 1 aromatic carbocycles. The van der Waals surface area contributed by atoms with Crippen LogP contribution in [0.2, 0.25) is 0 Å². The van der Waals surface area contributed by atoms with Crippen LogP contribution in [-0.4, -0.2) is 37.9 Å². The number of carbonyl (C=O) groups is 1. The fourth-order valence-corrected chi connectivity index (χ4v) is 3.26. The van der Waals surface area contributed by atoms with E-state index in [2.05, 4.69) is 39.3 Å². The van der Waals surface area contributed by atoms with Gasteiger partial charge in [0.1, 0.15) is 12.4 Å². The molecule has 4 rings (SSSR count). The third kappa shape index (κ3) is 4.13. The van der Waals surface area contributed by atoms with Crippen LogP contribution in [0.25, 0.3) is 17.0 Å². The van der Waals surface area contributed by atoms with Gasteiger partial charge in [0.2, 0.25) is 0 Å². The van der Waals surface area contributed by atoms with Gasteiger partial charge in [0, 0.05) is 42.3 Å². The second kappa shape index (κ2) is 8.18. The minimum Gasteiger partial charge on any atom is -0.324 e. The van der Waals surface area contributed by atoms with Gasteiger partial charge in [0.15, 0.2) is 5.82 Å². The van der Waals surface area contributed by atoms with Crippen LogP contribution in [0.1, 0.15) is 31.9 Å². The molecular weight excluding hydrogens is 364 g/mol. The maximum atomic E-state index is 12.8. The van der Waals surface area contributed by atoms with Crippen molar-refractivity contribution in [2.45, 2.75) is 32.4 Å². The lowest BCUT2D eigenvalue weighted by atomic mass is 10.00. The van der Waals surface area contributed by atoms with E-state index in [1.54, 1.807) is 24.9 Å². The summed E-state index contributed by atoms with van der Waals surface area (Å²) in [6.07, 6.45) is 9.62. The monoisotopic (exact) mass is 386 g/mol. The Kier molecular flexibility index (Phi) is 5.29. The number of allylic oxidation sites excluding steroid dienone is 1. The molecule has 7 nitrogen and oxygen atoms in total. The van der Waals surface area contributed by atoms with Gasteiger partial charge < -0.3 is 9.88 Å². The lowest BCUT2D eigenvalue weighted by molar-refractivity contribution is -0.116. The number of aromatic nitrogens is 4. The third-order valence-corrected chi connectivity index (χ3v) is 4.75. The zero-order valence-electron chi connectivity index (χ0n) is 16.4. The van der Waals surface area contributed by atoms with E-state index in [9.17, 15) is 4.79 Å². The van der Waals surface area contributed by atoms with Crippen molar-refractivity contribution < 1.29 is 4.79 Å². The van der Waals surface area contributed by atoms with E-state index >= 15 is 0 Å². The van der Waals surface area contributed by atoms with Crippen LogP contribution in [-0.2, 0) is 4.79 Å². The molecule has 3 heterocycles. The van der Waals surface area contributed by atoms with Crippen molar-refractivity contribution in [3.8, 4) is 11.4 Å². The van der Waals surface area contributed by atoms with Crippen LogP contribution in [0.3, 0.4) is 0 Å². The van der Waals surface area contributed by atoms with E-state index in [-0.39, 0.29) is 11.9 Å². The average molecular weight is 386 g/mol. The quantitative estimate of drug-likeness (QED) is 0.723. The Labute approximate surface area is 169 Å². The molecule has 3 aromatic rings. The van der Waals surface area contributed by atoms with Crippen LogP contribution in [0, 0.1) is 0 Å². The molecule has 0 saturated heterocycles. The first-order valence-electron chi connectivity index (χ1n) is 9.55. The van der Waals surface area contributed by atoms with Gasteiger partial charge in [0.25, 0.3) is 5.91 Å². The molecule has 1 amide bonds. The summed E-state index contributed by atoms with van der Waals surface area (Å²) in [4.78, 5) is 21.3. The van der Waals surface area contributed by atoms with Crippen LogP contribution in [0.4, 0.5) is 5.69 Å². The number of hydrogen-bond donors (Lipinski definition) is 1. The largest absolute Gasteiger partial charge is 0.324 e. The van der Waals surface area contributed by atoms with E-state index in [0.29, 0.717) is 12.1 Å². The molecule has 0 fully saturated rings. The van der Waals surface area contributed by atoms with Crippen molar-refractivity contribution in [3.63, 3.8) is 0 Å². The van der Waals surface area contributed by atoms with Gasteiger partial charge in [-0.05, 0) is 49.3 Å². The van der Waals surface area contributed by atoms with Gasteiger partial charge >= 0.3 is 0 Å². The molecule has 1 aliphatic heterocycles. The van der Waals surface area contributed by atoms with E-state index in [0.717, 1.165) is 22.5 Å². The Hall–Kier alpha value is -3.61. The maximum Gasteiger partial charge on any atom is 0.253 e. The van der Waals surface area contributed by atoms with Crippen molar-refractivity contribution in [1.82, 2.24) is 19.7 Å². The van der Waals surface area contributed by atoms with Gasteiger partial charge in [-0.15, -0.1) is 10.2 Å². The number of dihydropyridines is 1. The number of aliphatic imine (C=N–C) groups is 1. The first kappa shape index (κ1) is 18.7. The maximum absolute atomic E-state index is 12.8. The topological polar surface area (TPSA) is 85.1 Å². The Bertz CT molecular complexity index is 1070. The Morgan fingerprint density at radius 3 is 2.86 bits per heavy atom. The second-order valence-corrected chi connectivity index (χ2v) is 7.14. The summed E-state index contributed by atoms with van der Waals surface area (Å²) in [5, 5.41) is 11.2. The van der Waals surface area contributed by atoms with E-state index in [1.807, 2.05) is 47.0 Å². The number of rotatable bonds is 5. The molecule has 0 bridgehead atoms. The van der Waals surface area contributed by atoms with E-state index < -0.39 is 6.04 Å². The zero-order chi connectivity index (χ0) is 20.2. The number of nitrogens with zero attached hydrogens (tertiary/aromatic N) is 5. The highest BCUT2D eigenvalue weighted by atomic mass is 16.2. The first-order chi connectivity index (χ1) is 14.1. The van der Waals surface area contributed by atoms with Crippen LogP contribution in [0.5, 0.6) is 0 Å². The normalized spacial score (nSPS) is 16.0. The van der Waals surface area contributed by atoms with Gasteiger partial charge in [-0.1, -0.05) is 18.2 Å². The van der Waals surface area contributed by atoms with Gasteiger partial charge in [-0.3, -0.25) is 14.8 Å². The number of nitrogens with one attached hydrogen (secondary N) is 1. The summed E-state index contributed by atoms with van der Waals surface area (Å²) in [7, 11) is 0. The average Bonchev–Trinajstić information content (AvgIpc) is 3.25. The van der Waals surface area contributed by atoms with Crippen molar-refractivity contribution in [2.75, 3.05) is 5.32 Å². The Morgan fingerprint density at radius 1 is 1.21 bits per heavy atom. The predicted molar refractivity (Wildman–Crippen MR) is 114 cm³/mol. The SMILES string of the molecule is CC(C)n1cnnc1-c1cccc(NC(=O)C2C=C(c3cccnc3)CC=N2)c1. The molecule has 1 atom stereocenters. The zero-order valence-corrected chi connectivity index (χ0v) is 16.4. The lowest BCUT2D eigenvalue weighted by Gasteiger charge is -2.16. The van der Waals surface area contributed by atoms with Gasteiger partial charge in [-0.2, -0.15) is 0 Å². The van der Waals surface area contributed by atoms with Crippen LogP contribution in [0.15, 0.2) is 66.2 Å². The molecule has 0 aliphatic carbocycles. The van der Waals surface area contributed by atoms with Crippen LogP contribution >= 0.6 is 0 Å². The number of amides is 1. The summed E-state index contributed by atoms with van der Waals surface area (Å²) in [6, 6.07) is 11.2. The standard InChI is InChI=1S/C22H22N6O/c1-15(2)28-14-25-27-21(28)17-5-3-7-19(11-17)26-22(29)20-12-16(8-10-24-20)18-6-4-9-23-13-18/h3-7,9-15,20H,8H2,1-2H3,(H,26,29). The molecule has 29 heavy (non-hydrogen) atoms. The van der Waals surface area contributed by atoms with Crippen molar-refractivity contribution >= 4 is 23.4 Å². The van der Waals surface area contributed by atoms with Crippen molar-refractivity contribution in [1.29, 1.82) is 0 Å². The van der Waals surface area contributed by atoms with Crippen LogP contribution < -0.4 is 5.32 Å². The highest BCUT2D eigenvalue weighted by Gasteiger charge is 2.19. The molecule has 1 N–H and O–H groups in total. The molecule has 7 heteroatoms.